The molecule has 138 valence electrons. The van der Waals surface area contributed by atoms with Crippen LogP contribution in [0, 0.1) is 6.92 Å². The second-order valence-electron chi connectivity index (χ2n) is 5.34. The van der Waals surface area contributed by atoms with Gasteiger partial charge in [-0.1, -0.05) is 12.1 Å². The van der Waals surface area contributed by atoms with Crippen molar-refractivity contribution in [3.05, 3.63) is 47.8 Å². The van der Waals surface area contributed by atoms with Crippen LogP contribution in [-0.2, 0) is 21.9 Å². The third kappa shape index (κ3) is 4.38. The molecule has 0 bridgehead atoms. The minimum absolute atomic E-state index is 0.0467. The minimum Gasteiger partial charge on any atom is -0.484 e. The molecular formula is C16H14F3N3O3S. The van der Waals surface area contributed by atoms with Crippen LogP contribution in [0.4, 0.5) is 13.2 Å². The molecule has 1 N–H and O–H groups in total. The molecule has 0 aliphatic carbocycles. The van der Waals surface area contributed by atoms with E-state index in [0.717, 1.165) is 5.52 Å². The highest BCUT2D eigenvalue weighted by molar-refractivity contribution is 7.80. The van der Waals surface area contributed by atoms with Gasteiger partial charge in [-0.3, -0.25) is 9.17 Å². The second-order valence-corrected chi connectivity index (χ2v) is 6.43. The third-order valence-corrected chi connectivity index (χ3v) is 4.32. The topological polar surface area (TPSA) is 77.1 Å². The van der Waals surface area contributed by atoms with E-state index in [1.54, 1.807) is 25.1 Å². The average molecular weight is 385 g/mol. The summed E-state index contributed by atoms with van der Waals surface area (Å²) in [5, 5.41) is 0.147. The smallest absolute Gasteiger partial charge is 0.422 e. The van der Waals surface area contributed by atoms with Crippen molar-refractivity contribution < 1.29 is 26.3 Å². The van der Waals surface area contributed by atoms with Crippen molar-refractivity contribution in [2.75, 3.05) is 6.61 Å². The Labute approximate surface area is 149 Å². The lowest BCUT2D eigenvalue weighted by molar-refractivity contribution is -0.153. The summed E-state index contributed by atoms with van der Waals surface area (Å²) in [6.07, 6.45) is -3.13. The maximum Gasteiger partial charge on any atom is 0.422 e. The Morgan fingerprint density at radius 3 is 2.73 bits per heavy atom. The van der Waals surface area contributed by atoms with E-state index in [2.05, 4.69) is 15.0 Å². The van der Waals surface area contributed by atoms with Gasteiger partial charge in [-0.2, -0.15) is 13.2 Å². The molecule has 0 saturated carbocycles. The average Bonchev–Trinajstić information content (AvgIpc) is 3.03. The fourth-order valence-corrected chi connectivity index (χ4v) is 2.89. The Bertz CT molecular complexity index is 910. The van der Waals surface area contributed by atoms with E-state index >= 15 is 0 Å². The monoisotopic (exact) mass is 385 g/mol. The Hall–Kier alpha value is -2.46. The van der Waals surface area contributed by atoms with E-state index in [1.165, 1.54) is 12.3 Å². The Kier molecular flexibility index (Phi) is 5.23. The van der Waals surface area contributed by atoms with Gasteiger partial charge in [-0.05, 0) is 25.1 Å². The van der Waals surface area contributed by atoms with Gasteiger partial charge in [0.05, 0.1) is 16.7 Å². The van der Waals surface area contributed by atoms with E-state index in [9.17, 15) is 17.4 Å². The zero-order chi connectivity index (χ0) is 18.7. The number of rotatable bonds is 6. The molecule has 0 aliphatic rings. The molecule has 1 atom stereocenters. The molecule has 1 unspecified atom stereocenters. The summed E-state index contributed by atoms with van der Waals surface area (Å²) in [7, 11) is 0. The first-order valence-corrected chi connectivity index (χ1v) is 8.55. The summed E-state index contributed by atoms with van der Waals surface area (Å²) in [4.78, 5) is 11.1. The van der Waals surface area contributed by atoms with Crippen LogP contribution in [0.15, 0.2) is 41.7 Å². The summed E-state index contributed by atoms with van der Waals surface area (Å²) in [5.41, 5.74) is 2.08. The third-order valence-electron chi connectivity index (χ3n) is 3.48. The van der Waals surface area contributed by atoms with E-state index in [0.29, 0.717) is 16.8 Å². The summed E-state index contributed by atoms with van der Waals surface area (Å²) < 4.78 is 59.1. The van der Waals surface area contributed by atoms with Gasteiger partial charge >= 0.3 is 6.18 Å². The van der Waals surface area contributed by atoms with E-state index < -0.39 is 23.9 Å². The van der Waals surface area contributed by atoms with Gasteiger partial charge in [-0.25, -0.2) is 9.19 Å². The first-order valence-electron chi connectivity index (χ1n) is 7.47. The molecule has 2 aromatic heterocycles. The maximum absolute atomic E-state index is 12.3. The number of aromatic amines is 1. The zero-order valence-electron chi connectivity index (χ0n) is 13.5. The summed E-state index contributed by atoms with van der Waals surface area (Å²) in [5.74, 6) is 0.0467. The standard InChI is InChI=1S/C16H14F3N3O3S/c1-10-13(20-7-6-14(10)24-9-16(17,18)19)8-25-26(23)15-21-11-4-2-3-5-12(11)22-15/h2-7H,8-9H2,1H3,(H,21,22). The number of fused-ring (bicyclic) bond motifs is 1. The normalized spacial score (nSPS) is 13.1. The summed E-state index contributed by atoms with van der Waals surface area (Å²) in [6.45, 7) is -0.0106. The minimum atomic E-state index is -4.44. The molecule has 0 fully saturated rings. The highest BCUT2D eigenvalue weighted by Gasteiger charge is 2.28. The van der Waals surface area contributed by atoms with Crippen LogP contribution in [0.25, 0.3) is 11.0 Å². The van der Waals surface area contributed by atoms with Gasteiger partial charge in [0, 0.05) is 11.8 Å². The summed E-state index contributed by atoms with van der Waals surface area (Å²) >= 11 is -1.88. The number of imidazole rings is 1. The van der Waals surface area contributed by atoms with Gasteiger partial charge in [0.25, 0.3) is 0 Å². The van der Waals surface area contributed by atoms with Crippen LogP contribution < -0.4 is 4.74 Å². The second kappa shape index (κ2) is 7.42. The molecule has 0 spiro atoms. The van der Waals surface area contributed by atoms with Gasteiger partial charge in [0.15, 0.2) is 6.61 Å². The van der Waals surface area contributed by atoms with Crippen molar-refractivity contribution in [1.29, 1.82) is 0 Å². The fraction of sp³-hybridized carbons (Fsp3) is 0.250. The van der Waals surface area contributed by atoms with Crippen molar-refractivity contribution in [2.24, 2.45) is 0 Å². The number of nitrogens with zero attached hydrogens (tertiary/aromatic N) is 2. The van der Waals surface area contributed by atoms with Gasteiger partial charge < -0.3 is 9.72 Å². The lowest BCUT2D eigenvalue weighted by Gasteiger charge is -2.13. The first-order chi connectivity index (χ1) is 12.3. The largest absolute Gasteiger partial charge is 0.484 e. The molecule has 1 aromatic carbocycles. The molecule has 6 nitrogen and oxygen atoms in total. The van der Waals surface area contributed by atoms with Crippen molar-refractivity contribution >= 4 is 22.1 Å². The van der Waals surface area contributed by atoms with Crippen LogP contribution in [0.5, 0.6) is 5.75 Å². The lowest BCUT2D eigenvalue weighted by Crippen LogP contribution is -2.19. The van der Waals surface area contributed by atoms with Crippen LogP contribution in [0.2, 0.25) is 0 Å². The number of alkyl halides is 3. The predicted octanol–water partition coefficient (Wildman–Crippen LogP) is 3.45. The quantitative estimate of drug-likeness (QED) is 0.703. The molecule has 0 aliphatic heterocycles. The van der Waals surface area contributed by atoms with Crippen molar-refractivity contribution in [3.63, 3.8) is 0 Å². The zero-order valence-corrected chi connectivity index (χ0v) is 14.4. The number of para-hydroxylation sites is 2. The molecule has 10 heteroatoms. The number of H-pyrrole nitrogens is 1. The van der Waals surface area contributed by atoms with Crippen molar-refractivity contribution in [2.45, 2.75) is 24.9 Å². The Balaban J connectivity index is 1.68. The number of hydrogen-bond donors (Lipinski definition) is 1. The Morgan fingerprint density at radius 1 is 1.23 bits per heavy atom. The van der Waals surface area contributed by atoms with E-state index in [-0.39, 0.29) is 17.5 Å². The van der Waals surface area contributed by atoms with Gasteiger partial charge in [-0.15, -0.1) is 0 Å². The van der Waals surface area contributed by atoms with Gasteiger partial charge in [0.2, 0.25) is 16.2 Å². The molecule has 0 amide bonds. The SMILES string of the molecule is Cc1c(OCC(F)(F)F)ccnc1COS(=O)c1nc2ccccc2[nH]1. The highest BCUT2D eigenvalue weighted by Crippen LogP contribution is 2.24. The van der Waals surface area contributed by atoms with Crippen LogP contribution in [0.1, 0.15) is 11.3 Å². The molecule has 3 rings (SSSR count). The van der Waals surface area contributed by atoms with Gasteiger partial charge in [0.1, 0.15) is 12.4 Å². The molecule has 2 heterocycles. The van der Waals surface area contributed by atoms with Crippen molar-refractivity contribution in [1.82, 2.24) is 15.0 Å². The molecule has 3 aromatic rings. The predicted molar refractivity (Wildman–Crippen MR) is 87.8 cm³/mol. The number of benzene rings is 1. The van der Waals surface area contributed by atoms with E-state index in [1.807, 2.05) is 6.07 Å². The number of nitrogens with one attached hydrogen (secondary N) is 1. The van der Waals surface area contributed by atoms with E-state index in [4.69, 9.17) is 8.92 Å². The molecular weight excluding hydrogens is 371 g/mol. The molecule has 0 saturated heterocycles. The van der Waals surface area contributed by atoms with Crippen molar-refractivity contribution in [3.8, 4) is 5.75 Å². The molecule has 26 heavy (non-hydrogen) atoms. The van der Waals surface area contributed by atoms with Crippen LogP contribution in [0.3, 0.4) is 0 Å². The van der Waals surface area contributed by atoms with Crippen LogP contribution in [-0.4, -0.2) is 31.9 Å². The Morgan fingerprint density at radius 2 is 2.00 bits per heavy atom. The number of hydrogen-bond acceptors (Lipinski definition) is 5. The number of ether oxygens (including phenoxy) is 1. The number of pyridine rings is 1. The molecule has 0 radical (unpaired) electrons. The van der Waals surface area contributed by atoms with Crippen LogP contribution >= 0.6 is 0 Å². The summed E-state index contributed by atoms with van der Waals surface area (Å²) in [6, 6.07) is 8.50. The first kappa shape index (κ1) is 18.3. The fourth-order valence-electron chi connectivity index (χ4n) is 2.19. The highest BCUT2D eigenvalue weighted by atomic mass is 32.2. The number of aromatic nitrogens is 3. The maximum atomic E-state index is 12.3. The number of halogens is 3. The lowest BCUT2D eigenvalue weighted by atomic mass is 10.2.